The van der Waals surface area contributed by atoms with Crippen molar-refractivity contribution in [3.8, 4) is 0 Å². The molecule has 5 heteroatoms. The van der Waals surface area contributed by atoms with Crippen molar-refractivity contribution >= 4 is 11.6 Å². The predicted molar refractivity (Wildman–Crippen MR) is 94.3 cm³/mol. The van der Waals surface area contributed by atoms with Crippen LogP contribution in [0.25, 0.3) is 0 Å². The first-order valence-corrected chi connectivity index (χ1v) is 8.60. The molecular weight excluding hydrogens is 302 g/mol. The molecular formula is C19H25N3O2. The lowest BCUT2D eigenvalue weighted by atomic mass is 10.1. The molecule has 1 saturated heterocycles. The van der Waals surface area contributed by atoms with E-state index in [9.17, 15) is 4.79 Å². The van der Waals surface area contributed by atoms with Crippen LogP contribution in [0.4, 0.5) is 5.69 Å². The van der Waals surface area contributed by atoms with Gasteiger partial charge in [-0.3, -0.25) is 4.79 Å². The van der Waals surface area contributed by atoms with Crippen molar-refractivity contribution in [2.24, 2.45) is 0 Å². The summed E-state index contributed by atoms with van der Waals surface area (Å²) in [7, 11) is 1.79. The highest BCUT2D eigenvalue weighted by atomic mass is 16.5. The summed E-state index contributed by atoms with van der Waals surface area (Å²) >= 11 is 0. The van der Waals surface area contributed by atoms with Gasteiger partial charge in [-0.15, -0.1) is 0 Å². The molecule has 1 aromatic carbocycles. The number of aromatic nitrogens is 1. The van der Waals surface area contributed by atoms with Crippen LogP contribution in [-0.2, 0) is 6.54 Å². The quantitative estimate of drug-likeness (QED) is 0.841. The molecule has 1 aliphatic heterocycles. The molecule has 0 atom stereocenters. The maximum absolute atomic E-state index is 12.6. The van der Waals surface area contributed by atoms with Gasteiger partial charge in [0, 0.05) is 37.5 Å². The summed E-state index contributed by atoms with van der Waals surface area (Å²) in [6.45, 7) is 6.77. The highest BCUT2D eigenvalue weighted by Gasteiger charge is 2.17. The van der Waals surface area contributed by atoms with Crippen molar-refractivity contribution in [1.29, 1.82) is 0 Å². The van der Waals surface area contributed by atoms with E-state index in [2.05, 4.69) is 23.9 Å². The normalized spacial score (nSPS) is 14.4. The van der Waals surface area contributed by atoms with Gasteiger partial charge in [-0.1, -0.05) is 19.0 Å². The number of benzene rings is 1. The average Bonchev–Trinajstić information content (AvgIpc) is 3.26. The van der Waals surface area contributed by atoms with Crippen LogP contribution in [0.1, 0.15) is 54.4 Å². The third-order valence-corrected chi connectivity index (χ3v) is 4.49. The Morgan fingerprint density at radius 1 is 1.25 bits per heavy atom. The van der Waals surface area contributed by atoms with Crippen molar-refractivity contribution in [3.05, 3.63) is 47.3 Å². The van der Waals surface area contributed by atoms with Gasteiger partial charge in [-0.2, -0.15) is 0 Å². The molecule has 0 aliphatic carbocycles. The fourth-order valence-corrected chi connectivity index (χ4v) is 2.99. The SMILES string of the molecule is CC(C)c1cc(CN(C)C(=O)c2ccc(N3CCCC3)cc2)on1. The molecule has 1 aliphatic rings. The Labute approximate surface area is 143 Å². The molecule has 128 valence electrons. The van der Waals surface area contributed by atoms with Crippen LogP contribution < -0.4 is 4.90 Å². The van der Waals surface area contributed by atoms with Gasteiger partial charge >= 0.3 is 0 Å². The summed E-state index contributed by atoms with van der Waals surface area (Å²) in [6.07, 6.45) is 2.50. The number of nitrogens with zero attached hydrogens (tertiary/aromatic N) is 3. The Morgan fingerprint density at radius 2 is 1.92 bits per heavy atom. The van der Waals surface area contributed by atoms with Gasteiger partial charge in [0.2, 0.25) is 0 Å². The van der Waals surface area contributed by atoms with Gasteiger partial charge in [0.25, 0.3) is 5.91 Å². The van der Waals surface area contributed by atoms with Crippen LogP contribution in [-0.4, -0.2) is 36.1 Å². The van der Waals surface area contributed by atoms with E-state index in [4.69, 9.17) is 4.52 Å². The Kier molecular flexibility index (Phi) is 4.88. The van der Waals surface area contributed by atoms with Gasteiger partial charge in [0.15, 0.2) is 5.76 Å². The van der Waals surface area contributed by atoms with Crippen molar-refractivity contribution in [3.63, 3.8) is 0 Å². The molecule has 24 heavy (non-hydrogen) atoms. The van der Waals surface area contributed by atoms with Gasteiger partial charge in [0.05, 0.1) is 12.2 Å². The van der Waals surface area contributed by atoms with E-state index in [1.165, 1.54) is 18.5 Å². The lowest BCUT2D eigenvalue weighted by Gasteiger charge is -2.19. The van der Waals surface area contributed by atoms with Gasteiger partial charge in [-0.25, -0.2) is 0 Å². The minimum Gasteiger partial charge on any atom is -0.372 e. The number of carbonyl (C=O) groups is 1. The first-order valence-electron chi connectivity index (χ1n) is 8.60. The van der Waals surface area contributed by atoms with Gasteiger partial charge in [-0.05, 0) is 43.0 Å². The molecule has 0 radical (unpaired) electrons. The van der Waals surface area contributed by atoms with Crippen LogP contribution >= 0.6 is 0 Å². The monoisotopic (exact) mass is 327 g/mol. The lowest BCUT2D eigenvalue weighted by molar-refractivity contribution is 0.0772. The molecule has 2 aromatic rings. The van der Waals surface area contributed by atoms with Crippen molar-refractivity contribution in [2.75, 3.05) is 25.0 Å². The minimum absolute atomic E-state index is 0.00883. The zero-order valence-electron chi connectivity index (χ0n) is 14.7. The van der Waals surface area contributed by atoms with Gasteiger partial charge < -0.3 is 14.3 Å². The highest BCUT2D eigenvalue weighted by molar-refractivity contribution is 5.94. The summed E-state index contributed by atoms with van der Waals surface area (Å²) in [6, 6.07) is 9.82. The molecule has 3 rings (SSSR count). The smallest absolute Gasteiger partial charge is 0.254 e. The van der Waals surface area contributed by atoms with Crippen molar-refractivity contribution < 1.29 is 9.32 Å². The second-order valence-corrected chi connectivity index (χ2v) is 6.78. The predicted octanol–water partition coefficient (Wildman–Crippen LogP) is 3.67. The maximum Gasteiger partial charge on any atom is 0.254 e. The summed E-state index contributed by atoms with van der Waals surface area (Å²) in [5.41, 5.74) is 2.81. The number of amides is 1. The summed E-state index contributed by atoms with van der Waals surface area (Å²) in [5, 5.41) is 4.04. The largest absolute Gasteiger partial charge is 0.372 e. The second kappa shape index (κ2) is 7.07. The molecule has 0 bridgehead atoms. The Bertz CT molecular complexity index is 685. The first kappa shape index (κ1) is 16.6. The van der Waals surface area contributed by atoms with E-state index in [1.54, 1.807) is 11.9 Å². The first-order chi connectivity index (χ1) is 11.5. The molecule has 5 nitrogen and oxygen atoms in total. The van der Waals surface area contributed by atoms with Crippen LogP contribution in [0.15, 0.2) is 34.9 Å². The molecule has 2 heterocycles. The number of anilines is 1. The third kappa shape index (κ3) is 3.61. The summed E-state index contributed by atoms with van der Waals surface area (Å²) < 4.78 is 5.32. The number of hydrogen-bond donors (Lipinski definition) is 0. The van der Waals surface area contributed by atoms with Crippen LogP contribution in [0.2, 0.25) is 0 Å². The van der Waals surface area contributed by atoms with Crippen LogP contribution in [0.5, 0.6) is 0 Å². The third-order valence-electron chi connectivity index (χ3n) is 4.49. The van der Waals surface area contributed by atoms with E-state index >= 15 is 0 Å². The molecule has 0 unspecified atom stereocenters. The van der Waals surface area contributed by atoms with E-state index < -0.39 is 0 Å². The van der Waals surface area contributed by atoms with Gasteiger partial charge in [0.1, 0.15) is 0 Å². The minimum atomic E-state index is -0.00883. The standard InChI is InChI=1S/C19H25N3O2/c1-14(2)18-12-17(24-20-18)13-21(3)19(23)15-6-8-16(9-7-15)22-10-4-5-11-22/h6-9,12,14H,4-5,10-11,13H2,1-3H3. The molecule has 0 saturated carbocycles. The fourth-order valence-electron chi connectivity index (χ4n) is 2.99. The Hall–Kier alpha value is -2.30. The van der Waals surface area contributed by atoms with E-state index in [0.29, 0.717) is 23.8 Å². The Balaban J connectivity index is 1.64. The lowest BCUT2D eigenvalue weighted by Crippen LogP contribution is -2.26. The maximum atomic E-state index is 12.6. The highest BCUT2D eigenvalue weighted by Crippen LogP contribution is 2.21. The zero-order chi connectivity index (χ0) is 17.1. The second-order valence-electron chi connectivity index (χ2n) is 6.78. The Morgan fingerprint density at radius 3 is 2.50 bits per heavy atom. The van der Waals surface area contributed by atoms with E-state index in [-0.39, 0.29) is 5.91 Å². The van der Waals surface area contributed by atoms with E-state index in [1.807, 2.05) is 30.3 Å². The average molecular weight is 327 g/mol. The number of rotatable bonds is 5. The number of hydrogen-bond acceptors (Lipinski definition) is 4. The summed E-state index contributed by atoms with van der Waals surface area (Å²) in [4.78, 5) is 16.6. The summed E-state index contributed by atoms with van der Waals surface area (Å²) in [5.74, 6) is 1.02. The van der Waals surface area contributed by atoms with Crippen LogP contribution in [0, 0.1) is 0 Å². The fraction of sp³-hybridized carbons (Fsp3) is 0.474. The number of carbonyl (C=O) groups excluding carboxylic acids is 1. The molecule has 0 N–H and O–H groups in total. The van der Waals surface area contributed by atoms with Crippen molar-refractivity contribution in [1.82, 2.24) is 10.1 Å². The molecule has 1 aromatic heterocycles. The molecule has 1 fully saturated rings. The van der Waals surface area contributed by atoms with Crippen LogP contribution in [0.3, 0.4) is 0 Å². The molecule has 1 amide bonds. The molecule has 0 spiro atoms. The van der Waals surface area contributed by atoms with Crippen molar-refractivity contribution in [2.45, 2.75) is 39.2 Å². The topological polar surface area (TPSA) is 49.6 Å². The zero-order valence-corrected chi connectivity index (χ0v) is 14.7. The van der Waals surface area contributed by atoms with E-state index in [0.717, 1.165) is 18.8 Å².